The Kier molecular flexibility index (Phi) is 37.8. The van der Waals surface area contributed by atoms with Crippen molar-refractivity contribution in [2.45, 2.75) is 311 Å². The van der Waals surface area contributed by atoms with Crippen LogP contribution in [0.25, 0.3) is 0 Å². The number of ether oxygens (including phenoxy) is 3. The maximum Gasteiger partial charge on any atom is 0.334 e. The van der Waals surface area contributed by atoms with Crippen LogP contribution >= 0.6 is 22.6 Å². The van der Waals surface area contributed by atoms with Gasteiger partial charge in [-0.3, -0.25) is 4.79 Å². The molecule has 0 saturated heterocycles. The molecule has 0 aliphatic rings. The van der Waals surface area contributed by atoms with Crippen molar-refractivity contribution < 1.29 is 51.0 Å². The SMILES string of the molecule is C=C[C@@H](C)[C@H](/C=C/C(C)=C/CC[C@H](O[Si](CC)(CC)CC)[C@H](C[C@H](OC(=O)/C(C)=C/C(C)=C/I)[C@@H](O[Si](C)(C)C(C)(C)C)C(=O)[C@H](C)[C@@H](O)[C@@H](C)[C@@H](C[C@H](COC)O[Si](C)(C)C(C)(C)C)O[Si](CC)(CC)CC)OC)O[Si](CC)(CC)CC. The molecule has 0 heterocycles. The molecule has 0 saturated carbocycles. The summed E-state index contributed by atoms with van der Waals surface area (Å²) in [6, 6.07) is 8.77. The van der Waals surface area contributed by atoms with Gasteiger partial charge < -0.3 is 41.4 Å². The van der Waals surface area contributed by atoms with Gasteiger partial charge in [-0.05, 0) is 146 Å². The molecule has 0 amide bonds. The number of carbonyl (C=O) groups excluding carboxylic acids is 2. The number of ketones is 1. The molecule has 0 aromatic heterocycles. The first-order valence-electron chi connectivity index (χ1n) is 32.2. The zero-order valence-electron chi connectivity index (χ0n) is 58.3. The summed E-state index contributed by atoms with van der Waals surface area (Å²) in [5, 5.41) is 12.5. The number of carbonyl (C=O) groups is 2. The normalized spacial score (nSPS) is 18.3. The molecule has 0 aromatic rings. The molecule has 0 bridgehead atoms. The molecule has 0 aliphatic carbocycles. The van der Waals surface area contributed by atoms with Crippen molar-refractivity contribution in [3.8, 4) is 0 Å². The van der Waals surface area contributed by atoms with Gasteiger partial charge in [0.25, 0.3) is 0 Å². The zero-order chi connectivity index (χ0) is 64.5. The highest BCUT2D eigenvalue weighted by Crippen LogP contribution is 2.42. The number of aliphatic hydroxyl groups excluding tert-OH is 1. The second kappa shape index (κ2) is 38.1. The molecule has 0 radical (unpaired) electrons. The van der Waals surface area contributed by atoms with Crippen LogP contribution in [0.2, 0.25) is 90.7 Å². The summed E-state index contributed by atoms with van der Waals surface area (Å²) < 4.78 is 57.4. The number of hydrogen-bond donors (Lipinski definition) is 1. The molecule has 0 spiro atoms. The summed E-state index contributed by atoms with van der Waals surface area (Å²) in [6.45, 7) is 58.3. The molecule has 83 heavy (non-hydrogen) atoms. The fourth-order valence-electron chi connectivity index (χ4n) is 10.5. The van der Waals surface area contributed by atoms with E-state index < -0.39 is 96.0 Å². The summed E-state index contributed by atoms with van der Waals surface area (Å²) in [7, 11) is -8.15. The Labute approximate surface area is 530 Å². The molecule has 486 valence electrons. The van der Waals surface area contributed by atoms with Crippen LogP contribution in [0.15, 0.2) is 57.8 Å². The smallest absolute Gasteiger partial charge is 0.334 e. The second-order valence-electron chi connectivity index (χ2n) is 27.3. The van der Waals surface area contributed by atoms with Gasteiger partial charge >= 0.3 is 5.97 Å². The van der Waals surface area contributed by atoms with Crippen LogP contribution < -0.4 is 0 Å². The van der Waals surface area contributed by atoms with Gasteiger partial charge in [-0.1, -0.05) is 177 Å². The standard InChI is InChI=1S/C66H129IO11Si5/c1-29-51(13)56(75-81(30-2,31-3)32-4)43-42-49(11)40-39-41-57(76-82(33-5,34-6)35-7)59(72-24)46-60(73-64(70)52(14)44-50(12)47-67)63(78-80(27,28)66(20,21)22)62(69)54(16)61(68)53(15)58(77-83(36-8,37-9)38-10)45-55(48-71-23)74-79(25,26)65(17,18)19/h29,40,42-44,47,51,53-61,63,68H,1,30-39,41,45-46,48H2,2-28H3/b43-42+,49-40+,50-47+,52-44+/t51-,53+,54-,55-,56+,57+,58-,59+,60+,61+,63-/m1/s1. The van der Waals surface area contributed by atoms with E-state index in [1.165, 1.54) is 0 Å². The third-order valence-corrected chi connectivity index (χ3v) is 43.7. The van der Waals surface area contributed by atoms with Gasteiger partial charge in [0.05, 0.1) is 43.2 Å². The van der Waals surface area contributed by atoms with Crippen LogP contribution in [0, 0.1) is 17.8 Å². The molecule has 1 N–H and O–H groups in total. The quantitative estimate of drug-likeness (QED) is 0.0156. The molecule has 0 aliphatic heterocycles. The number of allylic oxidation sites excluding steroid dienone is 5. The molecular weight excluding hydrogens is 1240 g/mol. The zero-order valence-corrected chi connectivity index (χ0v) is 65.5. The summed E-state index contributed by atoms with van der Waals surface area (Å²) in [5.74, 6) is -2.16. The fraction of sp³-hybridized carbons (Fsp3) is 0.818. The Morgan fingerprint density at radius 1 is 0.627 bits per heavy atom. The molecule has 0 fully saturated rings. The first-order valence-corrected chi connectivity index (χ1v) is 46.8. The highest BCUT2D eigenvalue weighted by Gasteiger charge is 2.49. The van der Waals surface area contributed by atoms with Crippen molar-refractivity contribution in [3.05, 3.63) is 57.8 Å². The maximum atomic E-state index is 16.0. The highest BCUT2D eigenvalue weighted by atomic mass is 127. The number of methoxy groups -OCH3 is 2. The van der Waals surface area contributed by atoms with E-state index in [1.807, 2.05) is 24.0 Å². The Balaban J connectivity index is 8.31. The lowest BCUT2D eigenvalue weighted by Gasteiger charge is -2.44. The van der Waals surface area contributed by atoms with Crippen LogP contribution in [0.1, 0.15) is 171 Å². The third-order valence-electron chi connectivity index (χ3n) is 19.8. The van der Waals surface area contributed by atoms with Crippen LogP contribution in [0.4, 0.5) is 0 Å². The van der Waals surface area contributed by atoms with E-state index in [9.17, 15) is 9.90 Å². The molecule has 0 rings (SSSR count). The number of aliphatic hydroxyl groups is 1. The van der Waals surface area contributed by atoms with Crippen molar-refractivity contribution in [2.75, 3.05) is 20.8 Å². The Hall–Kier alpha value is -0.666. The average molecular weight is 1370 g/mol. The summed E-state index contributed by atoms with van der Waals surface area (Å²) in [6.07, 6.45) is 7.13. The van der Waals surface area contributed by atoms with E-state index in [-0.39, 0.29) is 40.4 Å². The lowest BCUT2D eigenvalue weighted by molar-refractivity contribution is -0.160. The Morgan fingerprint density at radius 2 is 1.08 bits per heavy atom. The number of halogens is 1. The van der Waals surface area contributed by atoms with E-state index in [0.29, 0.717) is 31.4 Å². The van der Waals surface area contributed by atoms with Crippen LogP contribution in [0.5, 0.6) is 0 Å². The molecule has 0 unspecified atom stereocenters. The van der Waals surface area contributed by atoms with E-state index in [4.69, 9.17) is 36.3 Å². The molecule has 17 heteroatoms. The number of rotatable bonds is 43. The predicted molar refractivity (Wildman–Crippen MR) is 375 cm³/mol. The van der Waals surface area contributed by atoms with E-state index in [0.717, 1.165) is 65.5 Å². The monoisotopic (exact) mass is 1360 g/mol. The number of esters is 1. The molecule has 11 nitrogen and oxygen atoms in total. The first-order chi connectivity index (χ1) is 38.4. The highest BCUT2D eigenvalue weighted by molar-refractivity contribution is 14.1. The van der Waals surface area contributed by atoms with Gasteiger partial charge in [-0.25, -0.2) is 4.79 Å². The first kappa shape index (κ1) is 82.3. The van der Waals surface area contributed by atoms with E-state index >= 15 is 4.79 Å². The summed E-state index contributed by atoms with van der Waals surface area (Å²) in [4.78, 5) is 30.7. The molecule has 11 atom stereocenters. The average Bonchev–Trinajstić information content (AvgIpc) is 3.65. The predicted octanol–water partition coefficient (Wildman–Crippen LogP) is 18.9. The topological polar surface area (TPSA) is 128 Å². The largest absolute Gasteiger partial charge is 0.456 e. The van der Waals surface area contributed by atoms with Crippen LogP contribution in [-0.4, -0.2) is 128 Å². The van der Waals surface area contributed by atoms with E-state index in [1.54, 1.807) is 34.1 Å². The third kappa shape index (κ3) is 25.6. The second-order valence-corrected chi connectivity index (χ2v) is 51.6. The minimum atomic E-state index is -2.83. The van der Waals surface area contributed by atoms with Gasteiger partial charge in [0.2, 0.25) is 0 Å². The minimum absolute atomic E-state index is 0.0416. The van der Waals surface area contributed by atoms with Crippen LogP contribution in [0.3, 0.4) is 0 Å². The maximum absolute atomic E-state index is 16.0. The van der Waals surface area contributed by atoms with Crippen molar-refractivity contribution >= 4 is 75.9 Å². The molecular formula is C66H129IO11Si5. The van der Waals surface area contributed by atoms with E-state index in [2.05, 4.69) is 191 Å². The van der Waals surface area contributed by atoms with Crippen molar-refractivity contribution in [1.29, 1.82) is 0 Å². The summed E-state index contributed by atoms with van der Waals surface area (Å²) >= 11 is 2.17. The van der Waals surface area contributed by atoms with Gasteiger partial charge in [0, 0.05) is 44.0 Å². The van der Waals surface area contributed by atoms with Crippen molar-refractivity contribution in [3.63, 3.8) is 0 Å². The molecule has 0 aromatic carbocycles. The van der Waals surface area contributed by atoms with Gasteiger partial charge in [0.15, 0.2) is 47.4 Å². The Bertz CT molecular complexity index is 1990. The van der Waals surface area contributed by atoms with Gasteiger partial charge in [-0.15, -0.1) is 6.58 Å². The van der Waals surface area contributed by atoms with Crippen LogP contribution in [-0.2, 0) is 45.9 Å². The van der Waals surface area contributed by atoms with Gasteiger partial charge in [-0.2, -0.15) is 0 Å². The summed E-state index contributed by atoms with van der Waals surface area (Å²) in [5.41, 5.74) is 2.42. The number of hydrogen-bond acceptors (Lipinski definition) is 11. The lowest BCUT2D eigenvalue weighted by Crippen LogP contribution is -2.55. The Morgan fingerprint density at radius 3 is 1.51 bits per heavy atom. The van der Waals surface area contributed by atoms with Gasteiger partial charge in [0.1, 0.15) is 12.2 Å². The van der Waals surface area contributed by atoms with Crippen molar-refractivity contribution in [2.24, 2.45) is 17.8 Å². The van der Waals surface area contributed by atoms with Crippen molar-refractivity contribution in [1.82, 2.24) is 0 Å². The lowest BCUT2D eigenvalue weighted by atomic mass is 9.82. The minimum Gasteiger partial charge on any atom is -0.456 e. The fourth-order valence-corrected chi connectivity index (χ4v) is 22.0. The number of Topliss-reactive ketones (excluding diaryl/α,β-unsaturated/α-hetero) is 1.